The first-order valence-corrected chi connectivity index (χ1v) is 9.35. The molecule has 1 amide bonds. The highest BCUT2D eigenvalue weighted by Crippen LogP contribution is 2.31. The summed E-state index contributed by atoms with van der Waals surface area (Å²) in [6.45, 7) is 7.84. The zero-order valence-electron chi connectivity index (χ0n) is 15.8. The third kappa shape index (κ3) is 4.00. The van der Waals surface area contributed by atoms with Crippen LogP contribution in [0.15, 0.2) is 18.3 Å². The van der Waals surface area contributed by atoms with Gasteiger partial charge in [-0.1, -0.05) is 0 Å². The van der Waals surface area contributed by atoms with Crippen LogP contribution in [0.3, 0.4) is 0 Å². The first-order valence-electron chi connectivity index (χ1n) is 9.35. The summed E-state index contributed by atoms with van der Waals surface area (Å²) in [5, 5.41) is 13.6. The molecule has 0 bridgehead atoms. The summed E-state index contributed by atoms with van der Waals surface area (Å²) in [6.07, 6.45) is 1.87. The minimum atomic E-state index is -0.925. The van der Waals surface area contributed by atoms with E-state index in [9.17, 15) is 9.90 Å². The number of carbonyl (C=O) groups is 1. The molecule has 0 radical (unpaired) electrons. The van der Waals surface area contributed by atoms with Crippen LogP contribution in [-0.2, 0) is 9.53 Å². The number of likely N-dealkylation sites (tertiary alicyclic amines) is 1. The van der Waals surface area contributed by atoms with E-state index in [0.29, 0.717) is 38.2 Å². The van der Waals surface area contributed by atoms with Gasteiger partial charge in [-0.05, 0) is 46.0 Å². The summed E-state index contributed by atoms with van der Waals surface area (Å²) in [7, 11) is 0. The molecule has 2 atom stereocenters. The first-order chi connectivity index (χ1) is 12.4. The summed E-state index contributed by atoms with van der Waals surface area (Å²) >= 11 is 0. The number of hydrogen-bond donors (Lipinski definition) is 2. The van der Waals surface area contributed by atoms with Gasteiger partial charge in [0.25, 0.3) is 5.91 Å². The third-order valence-electron chi connectivity index (χ3n) is 5.04. The molecule has 26 heavy (non-hydrogen) atoms. The molecule has 0 unspecified atom stereocenters. The molecule has 2 aliphatic heterocycles. The smallest absolute Gasteiger partial charge is 0.267 e. The molecular weight excluding hydrogens is 334 g/mol. The Hall–Kier alpha value is -1.70. The molecule has 7 heteroatoms. The molecular formula is C19H29N3O4. The van der Waals surface area contributed by atoms with Crippen molar-refractivity contribution in [2.75, 3.05) is 26.2 Å². The number of rotatable bonds is 5. The van der Waals surface area contributed by atoms with E-state index in [1.165, 1.54) is 0 Å². The van der Waals surface area contributed by atoms with Crippen LogP contribution in [0.25, 0.3) is 0 Å². The van der Waals surface area contributed by atoms with E-state index in [0.717, 1.165) is 5.69 Å². The molecule has 3 rings (SSSR count). The molecule has 2 saturated heterocycles. The molecule has 2 aliphatic rings. The van der Waals surface area contributed by atoms with Crippen molar-refractivity contribution in [3.05, 3.63) is 24.0 Å². The van der Waals surface area contributed by atoms with Crippen molar-refractivity contribution in [3.8, 4) is 5.75 Å². The maximum Gasteiger partial charge on any atom is 0.267 e. The number of nitrogens with zero attached hydrogens (tertiary/aromatic N) is 2. The standard InChI is InChI=1S/C19H29N3O4/c1-13(2)25-17-12-22(11-15(17)23)18(24)19(6-9-20-10-7-19)26-16-5-4-8-21-14(16)3/h4-5,8,13,15,17,20,23H,6-7,9-12H2,1-3H3/t15-,17-/m1/s1. The van der Waals surface area contributed by atoms with Gasteiger partial charge in [0.2, 0.25) is 0 Å². The van der Waals surface area contributed by atoms with Crippen LogP contribution in [0, 0.1) is 6.92 Å². The van der Waals surface area contributed by atoms with Gasteiger partial charge in [-0.15, -0.1) is 0 Å². The Morgan fingerprint density at radius 3 is 2.77 bits per heavy atom. The predicted octanol–water partition coefficient (Wildman–Crippen LogP) is 0.888. The molecule has 2 fully saturated rings. The van der Waals surface area contributed by atoms with Crippen LogP contribution >= 0.6 is 0 Å². The number of aromatic nitrogens is 1. The molecule has 1 aromatic rings. The van der Waals surface area contributed by atoms with Crippen molar-refractivity contribution in [2.45, 2.75) is 57.5 Å². The molecule has 0 spiro atoms. The minimum absolute atomic E-state index is 0.00633. The number of pyridine rings is 1. The average Bonchev–Trinajstić information content (AvgIpc) is 2.97. The van der Waals surface area contributed by atoms with Gasteiger partial charge in [0, 0.05) is 32.1 Å². The van der Waals surface area contributed by atoms with E-state index in [1.807, 2.05) is 32.9 Å². The highest BCUT2D eigenvalue weighted by Gasteiger charge is 2.48. The third-order valence-corrected chi connectivity index (χ3v) is 5.04. The quantitative estimate of drug-likeness (QED) is 0.808. The molecule has 0 aliphatic carbocycles. The Bertz CT molecular complexity index is 631. The lowest BCUT2D eigenvalue weighted by atomic mass is 9.90. The van der Waals surface area contributed by atoms with Gasteiger partial charge in [0.15, 0.2) is 5.60 Å². The number of aliphatic hydroxyl groups is 1. The van der Waals surface area contributed by atoms with Gasteiger partial charge in [-0.25, -0.2) is 0 Å². The monoisotopic (exact) mass is 363 g/mol. The molecule has 144 valence electrons. The number of piperidine rings is 1. The van der Waals surface area contributed by atoms with Crippen LogP contribution in [0.5, 0.6) is 5.75 Å². The number of amides is 1. The van der Waals surface area contributed by atoms with Gasteiger partial charge in [0.1, 0.15) is 11.9 Å². The van der Waals surface area contributed by atoms with Crippen LogP contribution in [-0.4, -0.2) is 71.0 Å². The molecule has 0 aromatic carbocycles. The Morgan fingerprint density at radius 2 is 2.12 bits per heavy atom. The van der Waals surface area contributed by atoms with Gasteiger partial charge < -0.3 is 24.8 Å². The summed E-state index contributed by atoms with van der Waals surface area (Å²) in [5.41, 5.74) is -0.161. The van der Waals surface area contributed by atoms with Crippen molar-refractivity contribution in [1.29, 1.82) is 0 Å². The van der Waals surface area contributed by atoms with E-state index in [1.54, 1.807) is 11.1 Å². The Labute approximate surface area is 154 Å². The Morgan fingerprint density at radius 1 is 1.38 bits per heavy atom. The molecule has 0 saturated carbocycles. The van der Waals surface area contributed by atoms with Crippen molar-refractivity contribution in [2.24, 2.45) is 0 Å². The largest absolute Gasteiger partial charge is 0.475 e. The number of β-amino-alcohol motifs (C(OH)–C–C–N with tert-alkyl or cyclic N) is 1. The number of hydrogen-bond acceptors (Lipinski definition) is 6. The van der Waals surface area contributed by atoms with E-state index >= 15 is 0 Å². The molecule has 2 N–H and O–H groups in total. The fourth-order valence-electron chi connectivity index (χ4n) is 3.67. The Kier molecular flexibility index (Phi) is 5.79. The van der Waals surface area contributed by atoms with Crippen molar-refractivity contribution in [3.63, 3.8) is 0 Å². The zero-order chi connectivity index (χ0) is 18.7. The fraction of sp³-hybridized carbons (Fsp3) is 0.684. The first kappa shape index (κ1) is 19.1. The lowest BCUT2D eigenvalue weighted by Crippen LogP contribution is -2.57. The van der Waals surface area contributed by atoms with Gasteiger partial charge in [0.05, 0.1) is 17.9 Å². The van der Waals surface area contributed by atoms with Crippen molar-refractivity contribution >= 4 is 5.91 Å². The SMILES string of the molecule is Cc1ncccc1OC1(C(=O)N2C[C@@H](O)[C@H](OC(C)C)C2)CCNCC1. The summed E-state index contributed by atoms with van der Waals surface area (Å²) in [5.74, 6) is 0.564. The van der Waals surface area contributed by atoms with Gasteiger partial charge in [-0.3, -0.25) is 9.78 Å². The number of ether oxygens (including phenoxy) is 2. The lowest BCUT2D eigenvalue weighted by molar-refractivity contribution is -0.150. The minimum Gasteiger partial charge on any atom is -0.475 e. The molecule has 7 nitrogen and oxygen atoms in total. The van der Waals surface area contributed by atoms with Crippen LogP contribution in [0.2, 0.25) is 0 Å². The lowest BCUT2D eigenvalue weighted by Gasteiger charge is -2.39. The van der Waals surface area contributed by atoms with Gasteiger partial charge >= 0.3 is 0 Å². The highest BCUT2D eigenvalue weighted by atomic mass is 16.5. The zero-order valence-corrected chi connectivity index (χ0v) is 15.8. The second-order valence-electron chi connectivity index (χ2n) is 7.43. The number of carbonyl (C=O) groups excluding carboxylic acids is 1. The number of aliphatic hydroxyl groups excluding tert-OH is 1. The van der Waals surface area contributed by atoms with Crippen molar-refractivity contribution in [1.82, 2.24) is 15.2 Å². The van der Waals surface area contributed by atoms with Crippen molar-refractivity contribution < 1.29 is 19.4 Å². The van der Waals surface area contributed by atoms with Crippen LogP contribution < -0.4 is 10.1 Å². The fourth-order valence-corrected chi connectivity index (χ4v) is 3.67. The number of nitrogens with one attached hydrogen (secondary N) is 1. The summed E-state index contributed by atoms with van der Waals surface area (Å²) < 4.78 is 12.0. The van der Waals surface area contributed by atoms with Crippen LogP contribution in [0.1, 0.15) is 32.4 Å². The second kappa shape index (κ2) is 7.90. The van der Waals surface area contributed by atoms with E-state index < -0.39 is 11.7 Å². The Balaban J connectivity index is 1.79. The predicted molar refractivity (Wildman–Crippen MR) is 97.0 cm³/mol. The summed E-state index contributed by atoms with van der Waals surface area (Å²) in [4.78, 5) is 19.4. The van der Waals surface area contributed by atoms with Gasteiger partial charge in [-0.2, -0.15) is 0 Å². The summed E-state index contributed by atoms with van der Waals surface area (Å²) in [6, 6.07) is 3.66. The van der Waals surface area contributed by atoms with Crippen LogP contribution in [0.4, 0.5) is 0 Å². The maximum absolute atomic E-state index is 13.4. The average molecular weight is 363 g/mol. The molecule has 1 aromatic heterocycles. The highest BCUT2D eigenvalue weighted by molar-refractivity contribution is 5.86. The van der Waals surface area contributed by atoms with E-state index in [2.05, 4.69) is 10.3 Å². The second-order valence-corrected chi connectivity index (χ2v) is 7.43. The maximum atomic E-state index is 13.4. The molecule has 3 heterocycles. The van der Waals surface area contributed by atoms with E-state index in [-0.39, 0.29) is 24.7 Å². The normalized spacial score (nSPS) is 25.5. The van der Waals surface area contributed by atoms with E-state index in [4.69, 9.17) is 9.47 Å². The number of aryl methyl sites for hydroxylation is 1. The topological polar surface area (TPSA) is 83.9 Å².